The Morgan fingerprint density at radius 2 is 2.21 bits per heavy atom. The molecule has 19 heavy (non-hydrogen) atoms. The van der Waals surface area contributed by atoms with Crippen LogP contribution >= 0.6 is 11.6 Å². The molecule has 0 aliphatic heterocycles. The van der Waals surface area contributed by atoms with Crippen molar-refractivity contribution in [2.75, 3.05) is 6.61 Å². The van der Waals surface area contributed by atoms with E-state index in [2.05, 4.69) is 5.10 Å². The SMILES string of the molecule is CCOC(=O)c1nn(-c2ccc(F)cc2F)cc1Cl. The Labute approximate surface area is 112 Å². The van der Waals surface area contributed by atoms with Crippen LogP contribution in [0.15, 0.2) is 24.4 Å². The van der Waals surface area contributed by atoms with Crippen LogP contribution < -0.4 is 0 Å². The molecule has 1 aromatic heterocycles. The Bertz CT molecular complexity index is 628. The molecule has 2 aromatic rings. The minimum atomic E-state index is -0.811. The molecule has 2 rings (SSSR count). The van der Waals surface area contributed by atoms with Crippen LogP contribution in [-0.4, -0.2) is 22.4 Å². The normalized spacial score (nSPS) is 10.5. The molecule has 0 saturated carbocycles. The molecule has 100 valence electrons. The smallest absolute Gasteiger partial charge is 0.360 e. The summed E-state index contributed by atoms with van der Waals surface area (Å²) in [5, 5.41) is 3.87. The molecule has 0 saturated heterocycles. The third-order valence-electron chi connectivity index (χ3n) is 2.29. The Morgan fingerprint density at radius 1 is 1.47 bits per heavy atom. The number of ether oxygens (including phenoxy) is 1. The molecule has 0 bridgehead atoms. The summed E-state index contributed by atoms with van der Waals surface area (Å²) in [4.78, 5) is 11.5. The molecule has 1 heterocycles. The number of carbonyl (C=O) groups is 1. The topological polar surface area (TPSA) is 44.1 Å². The zero-order valence-electron chi connectivity index (χ0n) is 9.86. The maximum absolute atomic E-state index is 13.6. The molecule has 4 nitrogen and oxygen atoms in total. The molecular weight excluding hydrogens is 278 g/mol. The predicted octanol–water partition coefficient (Wildman–Crippen LogP) is 2.98. The fourth-order valence-electron chi connectivity index (χ4n) is 1.48. The Kier molecular flexibility index (Phi) is 3.80. The summed E-state index contributed by atoms with van der Waals surface area (Å²) in [6.45, 7) is 1.81. The van der Waals surface area contributed by atoms with Gasteiger partial charge in [0.05, 0.1) is 17.8 Å². The number of esters is 1. The van der Waals surface area contributed by atoms with E-state index >= 15 is 0 Å². The fourth-order valence-corrected chi connectivity index (χ4v) is 1.69. The van der Waals surface area contributed by atoms with Gasteiger partial charge in [-0.25, -0.2) is 18.3 Å². The molecule has 0 N–H and O–H groups in total. The molecule has 7 heteroatoms. The molecule has 0 atom stereocenters. The first-order valence-electron chi connectivity index (χ1n) is 5.40. The lowest BCUT2D eigenvalue weighted by molar-refractivity contribution is 0.0519. The maximum atomic E-state index is 13.6. The number of hydrogen-bond acceptors (Lipinski definition) is 3. The van der Waals surface area contributed by atoms with Gasteiger partial charge in [0.1, 0.15) is 11.5 Å². The van der Waals surface area contributed by atoms with Gasteiger partial charge in [-0.05, 0) is 19.1 Å². The first kappa shape index (κ1) is 13.5. The minimum Gasteiger partial charge on any atom is -0.461 e. The zero-order valence-corrected chi connectivity index (χ0v) is 10.6. The molecule has 0 amide bonds. The van der Waals surface area contributed by atoms with Crippen LogP contribution in [0.25, 0.3) is 5.69 Å². The fraction of sp³-hybridized carbons (Fsp3) is 0.167. The van der Waals surface area contributed by atoms with Gasteiger partial charge in [-0.1, -0.05) is 11.6 Å². The standard InChI is InChI=1S/C12H9ClF2N2O2/c1-2-19-12(18)11-8(13)6-17(16-11)10-4-3-7(14)5-9(10)15/h3-6H,2H2,1H3. The second-order valence-electron chi connectivity index (χ2n) is 3.59. The lowest BCUT2D eigenvalue weighted by Crippen LogP contribution is -2.07. The Balaban J connectivity index is 2.42. The van der Waals surface area contributed by atoms with E-state index in [4.69, 9.17) is 16.3 Å². The summed E-state index contributed by atoms with van der Waals surface area (Å²) < 4.78 is 32.2. The van der Waals surface area contributed by atoms with E-state index in [1.54, 1.807) is 6.92 Å². The van der Waals surface area contributed by atoms with Crippen LogP contribution in [0.2, 0.25) is 5.02 Å². The second kappa shape index (κ2) is 5.36. The van der Waals surface area contributed by atoms with E-state index in [-0.39, 0.29) is 23.0 Å². The number of rotatable bonds is 3. The molecule has 0 fully saturated rings. The third-order valence-corrected chi connectivity index (χ3v) is 2.57. The molecule has 0 aliphatic carbocycles. The van der Waals surface area contributed by atoms with E-state index in [9.17, 15) is 13.6 Å². The average molecular weight is 287 g/mol. The van der Waals surface area contributed by atoms with Crippen LogP contribution in [-0.2, 0) is 4.74 Å². The summed E-state index contributed by atoms with van der Waals surface area (Å²) in [5.41, 5.74) is -0.133. The molecular formula is C12H9ClF2N2O2. The van der Waals surface area contributed by atoms with Gasteiger partial charge in [0.25, 0.3) is 0 Å². The molecule has 0 unspecified atom stereocenters. The summed E-state index contributed by atoms with van der Waals surface area (Å²) in [6, 6.07) is 3.00. The third kappa shape index (κ3) is 2.73. The van der Waals surface area contributed by atoms with Gasteiger partial charge in [-0.2, -0.15) is 5.10 Å². The number of hydrogen-bond donors (Lipinski definition) is 0. The molecule has 1 aromatic carbocycles. The first-order chi connectivity index (χ1) is 9.02. The van der Waals surface area contributed by atoms with Crippen LogP contribution in [0.3, 0.4) is 0 Å². The highest BCUT2D eigenvalue weighted by Crippen LogP contribution is 2.20. The van der Waals surface area contributed by atoms with E-state index in [1.165, 1.54) is 12.3 Å². The summed E-state index contributed by atoms with van der Waals surface area (Å²) in [6.07, 6.45) is 1.25. The Morgan fingerprint density at radius 3 is 2.84 bits per heavy atom. The van der Waals surface area contributed by atoms with Crippen LogP contribution in [0.1, 0.15) is 17.4 Å². The van der Waals surface area contributed by atoms with Crippen molar-refractivity contribution in [1.82, 2.24) is 9.78 Å². The monoisotopic (exact) mass is 286 g/mol. The quantitative estimate of drug-likeness (QED) is 0.815. The van der Waals surface area contributed by atoms with Crippen LogP contribution in [0.4, 0.5) is 8.78 Å². The summed E-state index contributed by atoms with van der Waals surface area (Å²) >= 11 is 5.83. The van der Waals surface area contributed by atoms with E-state index in [1.807, 2.05) is 0 Å². The van der Waals surface area contributed by atoms with Gasteiger partial charge >= 0.3 is 5.97 Å². The lowest BCUT2D eigenvalue weighted by atomic mass is 10.3. The highest BCUT2D eigenvalue weighted by Gasteiger charge is 2.18. The van der Waals surface area contributed by atoms with Crippen molar-refractivity contribution in [3.8, 4) is 5.69 Å². The lowest BCUT2D eigenvalue weighted by Gasteiger charge is -2.02. The van der Waals surface area contributed by atoms with Crippen LogP contribution in [0.5, 0.6) is 0 Å². The average Bonchev–Trinajstić information content (AvgIpc) is 2.71. The van der Waals surface area contributed by atoms with Gasteiger partial charge < -0.3 is 4.74 Å². The van der Waals surface area contributed by atoms with E-state index in [0.717, 1.165) is 16.8 Å². The number of benzene rings is 1. The largest absolute Gasteiger partial charge is 0.461 e. The number of halogens is 3. The van der Waals surface area contributed by atoms with Crippen molar-refractivity contribution in [3.63, 3.8) is 0 Å². The second-order valence-corrected chi connectivity index (χ2v) is 3.99. The van der Waals surface area contributed by atoms with Crippen molar-refractivity contribution in [3.05, 3.63) is 46.7 Å². The number of nitrogens with zero attached hydrogens (tertiary/aromatic N) is 2. The van der Waals surface area contributed by atoms with E-state index < -0.39 is 17.6 Å². The van der Waals surface area contributed by atoms with Crippen LogP contribution in [0, 0.1) is 11.6 Å². The van der Waals surface area contributed by atoms with Crippen molar-refractivity contribution in [2.24, 2.45) is 0 Å². The van der Waals surface area contributed by atoms with Crippen molar-refractivity contribution >= 4 is 17.6 Å². The highest BCUT2D eigenvalue weighted by molar-refractivity contribution is 6.33. The first-order valence-corrected chi connectivity index (χ1v) is 5.78. The molecule has 0 spiro atoms. The van der Waals surface area contributed by atoms with Gasteiger partial charge in [-0.15, -0.1) is 0 Å². The number of aromatic nitrogens is 2. The molecule has 0 radical (unpaired) electrons. The number of carbonyl (C=O) groups excluding carboxylic acids is 1. The van der Waals surface area contributed by atoms with Gasteiger partial charge in [-0.3, -0.25) is 0 Å². The zero-order chi connectivity index (χ0) is 14.0. The van der Waals surface area contributed by atoms with Crippen molar-refractivity contribution < 1.29 is 18.3 Å². The predicted molar refractivity (Wildman–Crippen MR) is 64.4 cm³/mol. The maximum Gasteiger partial charge on any atom is 0.360 e. The summed E-state index contributed by atoms with van der Waals surface area (Å²) in [7, 11) is 0. The summed E-state index contributed by atoms with van der Waals surface area (Å²) in [5.74, 6) is -2.21. The highest BCUT2D eigenvalue weighted by atomic mass is 35.5. The van der Waals surface area contributed by atoms with E-state index in [0.29, 0.717) is 0 Å². The van der Waals surface area contributed by atoms with Gasteiger partial charge in [0.15, 0.2) is 11.5 Å². The van der Waals surface area contributed by atoms with Gasteiger partial charge in [0, 0.05) is 6.07 Å². The van der Waals surface area contributed by atoms with Crippen molar-refractivity contribution in [2.45, 2.75) is 6.92 Å². The van der Waals surface area contributed by atoms with Gasteiger partial charge in [0.2, 0.25) is 0 Å². The minimum absolute atomic E-state index is 0.0150. The van der Waals surface area contributed by atoms with Crippen molar-refractivity contribution in [1.29, 1.82) is 0 Å². The molecule has 0 aliphatic rings. The Hall–Kier alpha value is -1.95.